The van der Waals surface area contributed by atoms with E-state index in [0.29, 0.717) is 18.8 Å². The van der Waals surface area contributed by atoms with E-state index in [0.717, 1.165) is 18.6 Å². The molecule has 2 N–H and O–H groups in total. The van der Waals surface area contributed by atoms with Crippen LogP contribution in [0.2, 0.25) is 0 Å². The Balaban J connectivity index is 1.77. The van der Waals surface area contributed by atoms with E-state index in [1.807, 2.05) is 6.07 Å². The summed E-state index contributed by atoms with van der Waals surface area (Å²) >= 11 is 0. The van der Waals surface area contributed by atoms with Crippen LogP contribution in [0.4, 0.5) is 0 Å². The zero-order chi connectivity index (χ0) is 15.5. The smallest absolute Gasteiger partial charge is 0.119 e. The highest BCUT2D eigenvalue weighted by Crippen LogP contribution is 2.62. The summed E-state index contributed by atoms with van der Waals surface area (Å²) in [6, 6.07) is 6.23. The third-order valence-electron chi connectivity index (χ3n) is 6.66. The van der Waals surface area contributed by atoms with Crippen molar-refractivity contribution in [2.24, 2.45) is 11.3 Å². The Labute approximate surface area is 131 Å². The van der Waals surface area contributed by atoms with Crippen LogP contribution >= 0.6 is 0 Å². The molecule has 0 amide bonds. The lowest BCUT2D eigenvalue weighted by atomic mass is 9.54. The summed E-state index contributed by atoms with van der Waals surface area (Å²) in [5.41, 5.74) is 1.35. The number of hydrogen-bond acceptors (Lipinski definition) is 3. The summed E-state index contributed by atoms with van der Waals surface area (Å²) in [7, 11) is 1.69. The standard InChI is InChI=1S/C19H24O3/c1-18-9-7-15-14-5-4-13(22-2)11-12(14)3-6-16(15)19(18,21)10-8-17(18)20/h3-6,11,15-17,20-21H,7-10H2,1-2H3/t15-,16-,17-,18-,19+/m1/s1. The van der Waals surface area contributed by atoms with Gasteiger partial charge in [0.15, 0.2) is 0 Å². The Bertz CT molecular complexity index is 638. The molecule has 2 saturated carbocycles. The van der Waals surface area contributed by atoms with Crippen molar-refractivity contribution in [2.75, 3.05) is 7.11 Å². The maximum absolute atomic E-state index is 11.4. The van der Waals surface area contributed by atoms with Crippen molar-refractivity contribution in [2.45, 2.75) is 50.2 Å². The van der Waals surface area contributed by atoms with E-state index >= 15 is 0 Å². The Morgan fingerprint density at radius 3 is 2.82 bits per heavy atom. The lowest BCUT2D eigenvalue weighted by Gasteiger charge is -2.53. The van der Waals surface area contributed by atoms with E-state index in [4.69, 9.17) is 4.74 Å². The molecule has 1 aromatic rings. The number of benzene rings is 1. The van der Waals surface area contributed by atoms with Crippen molar-refractivity contribution in [1.29, 1.82) is 0 Å². The van der Waals surface area contributed by atoms with E-state index in [1.165, 1.54) is 11.1 Å². The molecule has 4 rings (SSSR count). The first-order chi connectivity index (χ1) is 10.5. The van der Waals surface area contributed by atoms with Gasteiger partial charge in [0.2, 0.25) is 0 Å². The van der Waals surface area contributed by atoms with Crippen LogP contribution in [0.25, 0.3) is 6.08 Å². The van der Waals surface area contributed by atoms with Crippen LogP contribution in [0.1, 0.15) is 49.7 Å². The number of ether oxygens (including phenoxy) is 1. The highest BCUT2D eigenvalue weighted by molar-refractivity contribution is 5.61. The lowest BCUT2D eigenvalue weighted by Crippen LogP contribution is -2.56. The molecule has 0 aromatic heterocycles. The van der Waals surface area contributed by atoms with Crippen molar-refractivity contribution >= 4 is 6.08 Å². The van der Waals surface area contributed by atoms with Gasteiger partial charge < -0.3 is 14.9 Å². The van der Waals surface area contributed by atoms with Gasteiger partial charge in [-0.05, 0) is 54.9 Å². The fourth-order valence-electron chi connectivity index (χ4n) is 5.16. The predicted octanol–water partition coefficient (Wildman–Crippen LogP) is 3.11. The Morgan fingerprint density at radius 1 is 1.23 bits per heavy atom. The van der Waals surface area contributed by atoms with Crippen molar-refractivity contribution in [3.05, 3.63) is 35.4 Å². The van der Waals surface area contributed by atoms with Gasteiger partial charge in [0.25, 0.3) is 0 Å². The maximum Gasteiger partial charge on any atom is 0.119 e. The molecule has 1 aromatic carbocycles. The number of methoxy groups -OCH3 is 1. The highest BCUT2D eigenvalue weighted by Gasteiger charge is 2.63. The van der Waals surface area contributed by atoms with E-state index in [2.05, 4.69) is 31.2 Å². The van der Waals surface area contributed by atoms with Gasteiger partial charge in [0.05, 0.1) is 18.8 Å². The maximum atomic E-state index is 11.4. The molecule has 0 radical (unpaired) electrons. The van der Waals surface area contributed by atoms with Crippen molar-refractivity contribution in [3.8, 4) is 5.75 Å². The molecular weight excluding hydrogens is 276 g/mol. The van der Waals surface area contributed by atoms with E-state index in [1.54, 1.807) is 7.11 Å². The van der Waals surface area contributed by atoms with Crippen LogP contribution < -0.4 is 4.74 Å². The normalized spacial score (nSPS) is 42.5. The minimum atomic E-state index is -0.788. The van der Waals surface area contributed by atoms with Crippen LogP contribution in [0.15, 0.2) is 24.3 Å². The number of hydrogen-bond donors (Lipinski definition) is 2. The Morgan fingerprint density at radius 2 is 2.05 bits per heavy atom. The first-order valence-corrected chi connectivity index (χ1v) is 8.26. The topological polar surface area (TPSA) is 49.7 Å². The van der Waals surface area contributed by atoms with Gasteiger partial charge >= 0.3 is 0 Å². The molecule has 3 heteroatoms. The van der Waals surface area contributed by atoms with Gasteiger partial charge in [-0.1, -0.05) is 25.1 Å². The first-order valence-electron chi connectivity index (χ1n) is 8.26. The largest absolute Gasteiger partial charge is 0.497 e. The zero-order valence-corrected chi connectivity index (χ0v) is 13.2. The van der Waals surface area contributed by atoms with Crippen molar-refractivity contribution in [3.63, 3.8) is 0 Å². The van der Waals surface area contributed by atoms with Gasteiger partial charge in [-0.2, -0.15) is 0 Å². The van der Waals surface area contributed by atoms with Crippen molar-refractivity contribution < 1.29 is 14.9 Å². The monoisotopic (exact) mass is 300 g/mol. The Kier molecular flexibility index (Phi) is 2.98. The van der Waals surface area contributed by atoms with Crippen molar-refractivity contribution in [1.82, 2.24) is 0 Å². The van der Waals surface area contributed by atoms with E-state index in [-0.39, 0.29) is 17.4 Å². The van der Waals surface area contributed by atoms with E-state index in [9.17, 15) is 10.2 Å². The van der Waals surface area contributed by atoms with Crippen LogP contribution in [0, 0.1) is 11.3 Å². The third-order valence-corrected chi connectivity index (χ3v) is 6.66. The molecule has 3 aliphatic rings. The highest BCUT2D eigenvalue weighted by atomic mass is 16.5. The fourth-order valence-corrected chi connectivity index (χ4v) is 5.16. The van der Waals surface area contributed by atoms with Gasteiger partial charge in [-0.25, -0.2) is 0 Å². The lowest BCUT2D eigenvalue weighted by molar-refractivity contribution is -0.147. The number of fused-ring (bicyclic) bond motifs is 5. The molecule has 3 nitrogen and oxygen atoms in total. The molecule has 118 valence electrons. The van der Waals surface area contributed by atoms with Gasteiger partial charge in [-0.3, -0.25) is 0 Å². The van der Waals surface area contributed by atoms with Crippen LogP contribution in [0.5, 0.6) is 5.75 Å². The van der Waals surface area contributed by atoms with Gasteiger partial charge in [-0.15, -0.1) is 0 Å². The van der Waals surface area contributed by atoms with Crippen LogP contribution in [-0.2, 0) is 0 Å². The zero-order valence-electron chi connectivity index (χ0n) is 13.2. The second-order valence-corrected chi connectivity index (χ2v) is 7.42. The number of rotatable bonds is 1. The molecule has 0 unspecified atom stereocenters. The van der Waals surface area contributed by atoms with Gasteiger partial charge in [0.1, 0.15) is 5.75 Å². The molecule has 0 saturated heterocycles. The van der Waals surface area contributed by atoms with E-state index < -0.39 is 5.60 Å². The molecule has 22 heavy (non-hydrogen) atoms. The molecule has 2 fully saturated rings. The summed E-state index contributed by atoms with van der Waals surface area (Å²) in [5, 5.41) is 21.8. The van der Waals surface area contributed by atoms with Gasteiger partial charge in [0, 0.05) is 11.3 Å². The number of aliphatic hydroxyl groups excluding tert-OH is 1. The minimum absolute atomic E-state index is 0.101. The first kappa shape index (κ1) is 14.3. The second kappa shape index (κ2) is 4.59. The summed E-state index contributed by atoms with van der Waals surface area (Å²) < 4.78 is 5.32. The molecule has 5 atom stereocenters. The van der Waals surface area contributed by atoms with Crippen LogP contribution in [0.3, 0.4) is 0 Å². The molecule has 0 bridgehead atoms. The molecule has 0 spiro atoms. The molecular formula is C19H24O3. The summed E-state index contributed by atoms with van der Waals surface area (Å²) in [6.07, 6.45) is 7.20. The predicted molar refractivity (Wildman–Crippen MR) is 85.8 cm³/mol. The Hall–Kier alpha value is -1.32. The van der Waals surface area contributed by atoms with Crippen LogP contribution in [-0.4, -0.2) is 29.0 Å². The molecule has 0 heterocycles. The molecule has 0 aliphatic heterocycles. The summed E-state index contributed by atoms with van der Waals surface area (Å²) in [4.78, 5) is 0. The third kappa shape index (κ3) is 1.64. The fraction of sp³-hybridized carbons (Fsp3) is 0.579. The molecule has 3 aliphatic carbocycles. The second-order valence-electron chi connectivity index (χ2n) is 7.42. The quantitative estimate of drug-likeness (QED) is 0.838. The number of aliphatic hydroxyl groups is 2. The average molecular weight is 300 g/mol. The SMILES string of the molecule is COc1ccc2c(c1)C=C[C@@H]1[C@@H]2CC[C@]2(C)[C@H](O)CC[C@]12O. The summed E-state index contributed by atoms with van der Waals surface area (Å²) in [6.45, 7) is 2.07. The summed E-state index contributed by atoms with van der Waals surface area (Å²) in [5.74, 6) is 1.32. The average Bonchev–Trinajstić information content (AvgIpc) is 2.78. The minimum Gasteiger partial charge on any atom is -0.497 e.